The lowest BCUT2D eigenvalue weighted by Crippen LogP contribution is -2.10. The number of nitrogens with one attached hydrogen (secondary N) is 1. The number of benzene rings is 2. The molecule has 2 aromatic carbocycles. The molecule has 0 bridgehead atoms. The van der Waals surface area contributed by atoms with Gasteiger partial charge in [0.1, 0.15) is 5.75 Å². The topological polar surface area (TPSA) is 55.2 Å². The Balaban J connectivity index is 1.51. The Hall–Kier alpha value is -2.73. The molecule has 3 aromatic rings. The van der Waals surface area contributed by atoms with Crippen LogP contribution in [0, 0.1) is 4.77 Å². The van der Waals surface area contributed by atoms with Gasteiger partial charge in [-0.2, -0.15) is 14.9 Å². The minimum absolute atomic E-state index is 0.368. The van der Waals surface area contributed by atoms with Crippen molar-refractivity contribution in [2.75, 3.05) is 0 Å². The van der Waals surface area contributed by atoms with E-state index in [0.717, 1.165) is 29.7 Å². The Bertz CT molecular complexity index is 938. The molecule has 0 saturated heterocycles. The summed E-state index contributed by atoms with van der Waals surface area (Å²) < 4.78 is 8.09. The predicted octanol–water partition coefficient (Wildman–Crippen LogP) is 4.81. The molecule has 6 heteroatoms. The van der Waals surface area contributed by atoms with Crippen LogP contribution in [-0.2, 0) is 0 Å². The highest BCUT2D eigenvalue weighted by Gasteiger charge is 2.16. The normalized spacial score (nSPS) is 14.9. The van der Waals surface area contributed by atoms with Crippen molar-refractivity contribution in [2.45, 2.75) is 31.8 Å². The van der Waals surface area contributed by atoms with Gasteiger partial charge in [0.25, 0.3) is 0 Å². The van der Waals surface area contributed by atoms with Crippen molar-refractivity contribution in [3.8, 4) is 17.1 Å². The summed E-state index contributed by atoms with van der Waals surface area (Å²) in [5.74, 6) is 1.60. The average molecular weight is 364 g/mol. The molecule has 1 heterocycles. The van der Waals surface area contributed by atoms with Crippen molar-refractivity contribution >= 4 is 18.4 Å². The highest BCUT2D eigenvalue weighted by molar-refractivity contribution is 7.71. The maximum absolute atomic E-state index is 6.00. The zero-order chi connectivity index (χ0) is 17.8. The molecule has 1 fully saturated rings. The van der Waals surface area contributed by atoms with Gasteiger partial charge in [0.15, 0.2) is 5.82 Å². The number of H-pyrrole nitrogens is 1. The molecule has 132 valence electrons. The molecule has 1 aliphatic carbocycles. The standard InChI is InChI=1S/C20H20N4OS/c26-20-23-22-19(16-6-2-1-3-7-16)24(20)21-14-15-10-12-18(13-11-15)25-17-8-4-5-9-17/h1-3,6-7,10-14,17H,4-5,8-9H2,(H,23,26)/b21-14+. The summed E-state index contributed by atoms with van der Waals surface area (Å²) >= 11 is 5.30. The van der Waals surface area contributed by atoms with E-state index in [9.17, 15) is 0 Å². The summed E-state index contributed by atoms with van der Waals surface area (Å²) in [5.41, 5.74) is 1.93. The van der Waals surface area contributed by atoms with Crippen molar-refractivity contribution in [1.82, 2.24) is 14.9 Å². The predicted molar refractivity (Wildman–Crippen MR) is 105 cm³/mol. The Morgan fingerprint density at radius 3 is 2.54 bits per heavy atom. The summed E-state index contributed by atoms with van der Waals surface area (Å²) in [6, 6.07) is 17.8. The van der Waals surface area contributed by atoms with Crippen LogP contribution in [0.25, 0.3) is 11.4 Å². The van der Waals surface area contributed by atoms with Crippen LogP contribution in [0.2, 0.25) is 0 Å². The molecule has 1 aliphatic rings. The van der Waals surface area contributed by atoms with Crippen molar-refractivity contribution in [2.24, 2.45) is 5.10 Å². The van der Waals surface area contributed by atoms with Crippen molar-refractivity contribution in [3.63, 3.8) is 0 Å². The van der Waals surface area contributed by atoms with Crippen molar-refractivity contribution in [3.05, 3.63) is 64.9 Å². The zero-order valence-electron chi connectivity index (χ0n) is 14.3. The number of hydrogen-bond acceptors (Lipinski definition) is 4. The summed E-state index contributed by atoms with van der Waals surface area (Å²) in [5, 5.41) is 11.6. The van der Waals surface area contributed by atoms with Crippen LogP contribution in [0.5, 0.6) is 5.75 Å². The van der Waals surface area contributed by atoms with E-state index in [2.05, 4.69) is 15.3 Å². The van der Waals surface area contributed by atoms with E-state index >= 15 is 0 Å². The van der Waals surface area contributed by atoms with Crippen LogP contribution in [0.1, 0.15) is 31.2 Å². The first-order chi connectivity index (χ1) is 12.8. The molecule has 5 nitrogen and oxygen atoms in total. The first-order valence-corrected chi connectivity index (χ1v) is 9.24. The van der Waals surface area contributed by atoms with Crippen LogP contribution in [0.3, 0.4) is 0 Å². The fourth-order valence-electron chi connectivity index (χ4n) is 3.13. The maximum Gasteiger partial charge on any atom is 0.216 e. The molecule has 1 saturated carbocycles. The lowest BCUT2D eigenvalue weighted by molar-refractivity contribution is 0.210. The molecule has 0 radical (unpaired) electrons. The second-order valence-corrected chi connectivity index (χ2v) is 6.75. The van der Waals surface area contributed by atoms with Gasteiger partial charge in [-0.1, -0.05) is 30.3 Å². The van der Waals surface area contributed by atoms with Crippen LogP contribution in [0.4, 0.5) is 0 Å². The number of aromatic amines is 1. The minimum atomic E-state index is 0.368. The summed E-state index contributed by atoms with van der Waals surface area (Å²) in [4.78, 5) is 0. The highest BCUT2D eigenvalue weighted by Crippen LogP contribution is 2.24. The molecule has 0 spiro atoms. The van der Waals surface area contributed by atoms with Gasteiger partial charge in [0.05, 0.1) is 12.3 Å². The molecule has 0 unspecified atom stereocenters. The van der Waals surface area contributed by atoms with Crippen LogP contribution >= 0.6 is 12.2 Å². The first kappa shape index (κ1) is 16.7. The van der Waals surface area contributed by atoms with Gasteiger partial charge in [-0.15, -0.1) is 0 Å². The number of ether oxygens (including phenoxy) is 1. The smallest absolute Gasteiger partial charge is 0.216 e. The molecule has 26 heavy (non-hydrogen) atoms. The van der Waals surface area contributed by atoms with E-state index in [1.807, 2.05) is 54.6 Å². The van der Waals surface area contributed by atoms with Gasteiger partial charge in [-0.05, 0) is 67.7 Å². The summed E-state index contributed by atoms with van der Waals surface area (Å²) in [7, 11) is 0. The van der Waals surface area contributed by atoms with Gasteiger partial charge in [-0.3, -0.25) is 0 Å². The third-order valence-electron chi connectivity index (χ3n) is 4.49. The molecule has 0 aliphatic heterocycles. The molecule has 0 atom stereocenters. The fourth-order valence-corrected chi connectivity index (χ4v) is 3.31. The van der Waals surface area contributed by atoms with E-state index in [1.165, 1.54) is 12.8 Å². The Labute approximate surface area is 157 Å². The van der Waals surface area contributed by atoms with Gasteiger partial charge >= 0.3 is 0 Å². The second kappa shape index (κ2) is 7.66. The average Bonchev–Trinajstić information content (AvgIpc) is 3.32. The van der Waals surface area contributed by atoms with Crippen LogP contribution in [0.15, 0.2) is 59.7 Å². The third-order valence-corrected chi connectivity index (χ3v) is 4.75. The number of aromatic nitrogens is 3. The van der Waals surface area contributed by atoms with Crippen molar-refractivity contribution < 1.29 is 4.74 Å². The molecule has 0 amide bonds. The third kappa shape index (κ3) is 3.75. The van der Waals surface area contributed by atoms with Crippen molar-refractivity contribution in [1.29, 1.82) is 0 Å². The second-order valence-electron chi connectivity index (χ2n) is 6.37. The first-order valence-electron chi connectivity index (χ1n) is 8.83. The molecule has 4 rings (SSSR count). The van der Waals surface area contributed by atoms with Gasteiger partial charge in [-0.25, -0.2) is 5.10 Å². The molecule has 1 aromatic heterocycles. The van der Waals surface area contributed by atoms with Gasteiger partial charge in [0.2, 0.25) is 4.77 Å². The summed E-state index contributed by atoms with van der Waals surface area (Å²) in [6.45, 7) is 0. The van der Waals surface area contributed by atoms with E-state index < -0.39 is 0 Å². The van der Waals surface area contributed by atoms with E-state index in [4.69, 9.17) is 17.0 Å². The fraction of sp³-hybridized carbons (Fsp3) is 0.250. The van der Waals surface area contributed by atoms with Crippen LogP contribution < -0.4 is 4.74 Å². The Morgan fingerprint density at radius 1 is 1.08 bits per heavy atom. The molecule has 1 N–H and O–H groups in total. The zero-order valence-corrected chi connectivity index (χ0v) is 15.2. The SMILES string of the molecule is S=c1[nH]nc(-c2ccccc2)n1/N=C/c1ccc(OC2CCCC2)cc1. The van der Waals surface area contributed by atoms with Gasteiger partial charge < -0.3 is 4.74 Å². The lowest BCUT2D eigenvalue weighted by Gasteiger charge is -2.12. The quantitative estimate of drug-likeness (QED) is 0.522. The summed E-state index contributed by atoms with van der Waals surface area (Å²) in [6.07, 6.45) is 6.99. The number of rotatable bonds is 5. The number of nitrogens with zero attached hydrogens (tertiary/aromatic N) is 3. The highest BCUT2D eigenvalue weighted by atomic mass is 32.1. The number of hydrogen-bond donors (Lipinski definition) is 1. The van der Waals surface area contributed by atoms with Gasteiger partial charge in [0, 0.05) is 5.56 Å². The minimum Gasteiger partial charge on any atom is -0.490 e. The van der Waals surface area contributed by atoms with E-state index in [1.54, 1.807) is 10.9 Å². The Kier molecular flexibility index (Phi) is 4.93. The monoisotopic (exact) mass is 364 g/mol. The van der Waals surface area contributed by atoms with Crippen LogP contribution in [-0.4, -0.2) is 27.2 Å². The molecular weight excluding hydrogens is 344 g/mol. The maximum atomic E-state index is 6.00. The lowest BCUT2D eigenvalue weighted by atomic mass is 10.2. The molecular formula is C20H20N4OS. The largest absolute Gasteiger partial charge is 0.490 e. The Morgan fingerprint density at radius 2 is 1.81 bits per heavy atom. The van der Waals surface area contributed by atoms with E-state index in [-0.39, 0.29) is 0 Å². The van der Waals surface area contributed by atoms with E-state index in [0.29, 0.717) is 16.7 Å².